The van der Waals surface area contributed by atoms with Crippen LogP contribution in [0.1, 0.15) is 29.4 Å². The van der Waals surface area contributed by atoms with Crippen molar-refractivity contribution in [2.45, 2.75) is 13.3 Å². The van der Waals surface area contributed by atoms with Crippen molar-refractivity contribution in [2.75, 3.05) is 13.7 Å². The Labute approximate surface area is 185 Å². The summed E-state index contributed by atoms with van der Waals surface area (Å²) in [5, 5.41) is 17.1. The van der Waals surface area contributed by atoms with Gasteiger partial charge in [0, 0.05) is 11.6 Å². The van der Waals surface area contributed by atoms with Crippen LogP contribution >= 0.6 is 11.3 Å². The van der Waals surface area contributed by atoms with Crippen molar-refractivity contribution in [1.82, 2.24) is 15.4 Å². The van der Waals surface area contributed by atoms with Gasteiger partial charge in [-0.2, -0.15) is 10.1 Å². The van der Waals surface area contributed by atoms with Gasteiger partial charge in [-0.25, -0.2) is 10.2 Å². The Kier molecular flexibility index (Phi) is 7.29. The molecule has 32 heavy (non-hydrogen) atoms. The van der Waals surface area contributed by atoms with E-state index < -0.39 is 16.5 Å². The van der Waals surface area contributed by atoms with E-state index in [1.807, 2.05) is 18.4 Å². The van der Waals surface area contributed by atoms with E-state index in [0.29, 0.717) is 17.7 Å². The monoisotopic (exact) mass is 457 g/mol. The van der Waals surface area contributed by atoms with Crippen molar-refractivity contribution in [3.05, 3.63) is 67.6 Å². The molecule has 1 amide bonds. The number of methoxy groups -OCH3 is 1. The molecule has 0 fully saturated rings. The Morgan fingerprint density at radius 3 is 2.88 bits per heavy atom. The van der Waals surface area contributed by atoms with Gasteiger partial charge in [0.25, 0.3) is 5.91 Å². The second kappa shape index (κ2) is 10.3. The first-order valence-corrected chi connectivity index (χ1v) is 10.3. The maximum absolute atomic E-state index is 12.4. The van der Waals surface area contributed by atoms with Gasteiger partial charge >= 0.3 is 11.4 Å². The largest absolute Gasteiger partial charge is 0.493 e. The van der Waals surface area contributed by atoms with E-state index in [1.54, 1.807) is 6.07 Å². The Bertz CT molecular complexity index is 1210. The molecule has 0 spiro atoms. The minimum absolute atomic E-state index is 0.0225. The Morgan fingerprint density at radius 2 is 2.22 bits per heavy atom. The topological polar surface area (TPSA) is 149 Å². The molecule has 0 saturated heterocycles. The number of hydrogen-bond acceptors (Lipinski definition) is 9. The fraction of sp³-hybridized carbons (Fsp3) is 0.200. The number of aromatic nitrogens is 2. The molecule has 0 bridgehead atoms. The molecule has 0 aliphatic carbocycles. The molecule has 3 rings (SSSR count). The lowest BCUT2D eigenvalue weighted by Crippen LogP contribution is -2.24. The molecule has 0 aliphatic heterocycles. The van der Waals surface area contributed by atoms with E-state index in [1.165, 1.54) is 42.9 Å². The molecule has 0 unspecified atom stereocenters. The van der Waals surface area contributed by atoms with Crippen molar-refractivity contribution < 1.29 is 19.2 Å². The molecule has 166 valence electrons. The van der Waals surface area contributed by atoms with Crippen LogP contribution < -0.4 is 20.6 Å². The van der Waals surface area contributed by atoms with Crippen LogP contribution in [-0.4, -0.2) is 40.7 Å². The van der Waals surface area contributed by atoms with Crippen LogP contribution in [0.25, 0.3) is 10.6 Å². The minimum atomic E-state index is -0.713. The van der Waals surface area contributed by atoms with E-state index in [-0.39, 0.29) is 29.5 Å². The fourth-order valence-corrected chi connectivity index (χ4v) is 3.38. The number of amides is 1. The molecule has 0 aliphatic rings. The number of rotatable bonds is 9. The Balaban J connectivity index is 1.81. The summed E-state index contributed by atoms with van der Waals surface area (Å²) in [7, 11) is 1.37. The van der Waals surface area contributed by atoms with Crippen LogP contribution in [-0.2, 0) is 0 Å². The van der Waals surface area contributed by atoms with E-state index in [0.717, 1.165) is 4.88 Å². The number of carbonyl (C=O) groups is 1. The summed E-state index contributed by atoms with van der Waals surface area (Å²) >= 11 is 1.40. The summed E-state index contributed by atoms with van der Waals surface area (Å²) in [5.41, 5.74) is 1.93. The normalized spacial score (nSPS) is 10.8. The standard InChI is InChI=1S/C20H19N5O6S/c1-3-6-31-18-15(25(28)29)8-12(9-16(18)30-2)11-21-24-19(26)14-10-13(22-20(27)23-14)17-5-4-7-32-17/h4-5,7-11H,3,6H2,1-2H3,(H,24,26)(H,22,23,27)/b21-11+. The van der Waals surface area contributed by atoms with E-state index >= 15 is 0 Å². The third kappa shape index (κ3) is 5.35. The molecular formula is C20H19N5O6S. The number of nitrogens with one attached hydrogen (secondary N) is 2. The second-order valence-corrected chi connectivity index (χ2v) is 7.29. The molecule has 0 radical (unpaired) electrons. The van der Waals surface area contributed by atoms with E-state index in [4.69, 9.17) is 9.47 Å². The third-order valence-corrected chi connectivity index (χ3v) is 4.97. The van der Waals surface area contributed by atoms with Crippen LogP contribution in [0.2, 0.25) is 0 Å². The van der Waals surface area contributed by atoms with Gasteiger partial charge in [0.05, 0.1) is 35.4 Å². The molecule has 1 aromatic carbocycles. The van der Waals surface area contributed by atoms with Gasteiger partial charge in [-0.3, -0.25) is 14.9 Å². The van der Waals surface area contributed by atoms with Gasteiger partial charge in [0.2, 0.25) is 5.75 Å². The lowest BCUT2D eigenvalue weighted by Gasteiger charge is -2.11. The quantitative estimate of drug-likeness (QED) is 0.285. The first kappa shape index (κ1) is 22.6. The molecule has 12 heteroatoms. The van der Waals surface area contributed by atoms with Gasteiger partial charge in [0.15, 0.2) is 5.75 Å². The van der Waals surface area contributed by atoms with Gasteiger partial charge in [-0.1, -0.05) is 13.0 Å². The molecule has 2 heterocycles. The Hall–Kier alpha value is -4.06. The second-order valence-electron chi connectivity index (χ2n) is 6.34. The van der Waals surface area contributed by atoms with Crippen molar-refractivity contribution >= 4 is 29.1 Å². The van der Waals surface area contributed by atoms with Crippen molar-refractivity contribution in [3.8, 4) is 22.1 Å². The molecule has 2 N–H and O–H groups in total. The summed E-state index contributed by atoms with van der Waals surface area (Å²) in [4.78, 5) is 42.1. The zero-order valence-corrected chi connectivity index (χ0v) is 18.0. The predicted octanol–water partition coefficient (Wildman–Crippen LogP) is 2.97. The van der Waals surface area contributed by atoms with E-state index in [2.05, 4.69) is 20.5 Å². The van der Waals surface area contributed by atoms with Gasteiger partial charge < -0.3 is 14.5 Å². The van der Waals surface area contributed by atoms with Crippen LogP contribution in [0, 0.1) is 10.1 Å². The molecule has 0 saturated carbocycles. The molecular weight excluding hydrogens is 438 g/mol. The number of benzene rings is 1. The van der Waals surface area contributed by atoms with Crippen molar-refractivity contribution in [3.63, 3.8) is 0 Å². The van der Waals surface area contributed by atoms with Gasteiger partial charge in [-0.15, -0.1) is 11.3 Å². The van der Waals surface area contributed by atoms with Gasteiger partial charge in [-0.05, 0) is 30.0 Å². The summed E-state index contributed by atoms with van der Waals surface area (Å²) in [6.45, 7) is 2.16. The number of nitro benzene ring substituents is 1. The highest BCUT2D eigenvalue weighted by molar-refractivity contribution is 7.13. The summed E-state index contributed by atoms with van der Waals surface area (Å²) < 4.78 is 10.7. The minimum Gasteiger partial charge on any atom is -0.493 e. The zero-order chi connectivity index (χ0) is 23.1. The lowest BCUT2D eigenvalue weighted by atomic mass is 10.2. The third-order valence-electron chi connectivity index (χ3n) is 4.07. The number of nitro groups is 1. The number of nitrogens with zero attached hydrogens (tertiary/aromatic N) is 3. The highest BCUT2D eigenvalue weighted by atomic mass is 32.1. The number of H-pyrrole nitrogens is 1. The van der Waals surface area contributed by atoms with Crippen LogP contribution in [0.15, 0.2) is 45.6 Å². The first-order valence-electron chi connectivity index (χ1n) is 9.40. The highest BCUT2D eigenvalue weighted by Gasteiger charge is 2.22. The lowest BCUT2D eigenvalue weighted by molar-refractivity contribution is -0.386. The maximum Gasteiger partial charge on any atom is 0.346 e. The number of thiophene rings is 1. The molecule has 11 nitrogen and oxygen atoms in total. The fourth-order valence-electron chi connectivity index (χ4n) is 2.68. The molecule has 0 atom stereocenters. The van der Waals surface area contributed by atoms with Crippen molar-refractivity contribution in [1.29, 1.82) is 0 Å². The highest BCUT2D eigenvalue weighted by Crippen LogP contribution is 2.38. The number of hydrazone groups is 1. The number of carbonyl (C=O) groups excluding carboxylic acids is 1. The number of hydrogen-bond donors (Lipinski definition) is 2. The first-order chi connectivity index (χ1) is 15.4. The predicted molar refractivity (Wildman–Crippen MR) is 119 cm³/mol. The zero-order valence-electron chi connectivity index (χ0n) is 17.2. The summed E-state index contributed by atoms with van der Waals surface area (Å²) in [5.74, 6) is -0.527. The smallest absolute Gasteiger partial charge is 0.346 e. The summed E-state index contributed by atoms with van der Waals surface area (Å²) in [6, 6.07) is 7.79. The number of ether oxygens (including phenoxy) is 2. The molecule has 3 aromatic rings. The van der Waals surface area contributed by atoms with Crippen LogP contribution in [0.3, 0.4) is 0 Å². The van der Waals surface area contributed by atoms with Crippen LogP contribution in [0.4, 0.5) is 5.69 Å². The van der Waals surface area contributed by atoms with E-state index in [9.17, 15) is 19.7 Å². The number of aromatic amines is 1. The van der Waals surface area contributed by atoms with Gasteiger partial charge in [0.1, 0.15) is 5.69 Å². The average molecular weight is 457 g/mol. The Morgan fingerprint density at radius 1 is 1.41 bits per heavy atom. The average Bonchev–Trinajstić information content (AvgIpc) is 3.32. The molecule has 2 aromatic heterocycles. The SMILES string of the molecule is CCCOc1c(OC)cc(/C=N/NC(=O)c2cc(-c3cccs3)[nH]c(=O)n2)cc1[N+](=O)[O-]. The maximum atomic E-state index is 12.4. The van der Waals surface area contributed by atoms with Crippen molar-refractivity contribution in [2.24, 2.45) is 5.10 Å². The summed E-state index contributed by atoms with van der Waals surface area (Å²) in [6.07, 6.45) is 1.88. The van der Waals surface area contributed by atoms with Crippen LogP contribution in [0.5, 0.6) is 11.5 Å².